The van der Waals surface area contributed by atoms with Gasteiger partial charge in [0, 0.05) is 31.6 Å². The largest absolute Gasteiger partial charge is 0.416 e. The van der Waals surface area contributed by atoms with E-state index < -0.39 is 11.7 Å². The van der Waals surface area contributed by atoms with Crippen LogP contribution in [0.1, 0.15) is 22.4 Å². The Bertz CT molecular complexity index is 1030. The van der Waals surface area contributed by atoms with Gasteiger partial charge in [-0.1, -0.05) is 42.5 Å². The number of halogens is 3. The predicted octanol–water partition coefficient (Wildman–Crippen LogP) is 4.01. The zero-order valence-electron chi connectivity index (χ0n) is 15.0. The molecular weight excluding hydrogens is 367 g/mol. The lowest BCUT2D eigenvalue weighted by Crippen LogP contribution is -2.35. The van der Waals surface area contributed by atoms with Crippen LogP contribution in [0.15, 0.2) is 59.4 Å². The van der Waals surface area contributed by atoms with Gasteiger partial charge in [-0.15, -0.1) is 0 Å². The minimum Gasteiger partial charge on any atom is -0.306 e. The van der Waals surface area contributed by atoms with Gasteiger partial charge in [-0.25, -0.2) is 4.98 Å². The van der Waals surface area contributed by atoms with Gasteiger partial charge in [0.2, 0.25) is 0 Å². The van der Waals surface area contributed by atoms with Crippen molar-refractivity contribution in [2.45, 2.75) is 25.7 Å². The molecule has 0 radical (unpaired) electrons. The molecule has 0 fully saturated rings. The fourth-order valence-electron chi connectivity index (χ4n) is 3.41. The predicted molar refractivity (Wildman–Crippen MR) is 99.6 cm³/mol. The monoisotopic (exact) mass is 385 g/mol. The SMILES string of the molecule is O=c1[nH]c(-c2ccccc2)nc2c1CN(Cc1ccc(C(F)(F)F)cc1)CC2. The van der Waals surface area contributed by atoms with Crippen molar-refractivity contribution in [1.29, 1.82) is 0 Å². The summed E-state index contributed by atoms with van der Waals surface area (Å²) >= 11 is 0. The Balaban J connectivity index is 1.51. The van der Waals surface area contributed by atoms with Crippen molar-refractivity contribution in [2.75, 3.05) is 6.54 Å². The highest BCUT2D eigenvalue weighted by Gasteiger charge is 2.30. The summed E-state index contributed by atoms with van der Waals surface area (Å²) in [5, 5.41) is 0. The molecule has 0 spiro atoms. The van der Waals surface area contributed by atoms with E-state index in [2.05, 4.69) is 9.97 Å². The van der Waals surface area contributed by atoms with E-state index in [1.54, 1.807) is 0 Å². The van der Waals surface area contributed by atoms with Crippen LogP contribution in [0.3, 0.4) is 0 Å². The molecule has 28 heavy (non-hydrogen) atoms. The molecule has 1 aromatic heterocycles. The van der Waals surface area contributed by atoms with Gasteiger partial charge in [-0.3, -0.25) is 9.69 Å². The summed E-state index contributed by atoms with van der Waals surface area (Å²) in [5.74, 6) is 0.556. The number of aromatic nitrogens is 2. The molecule has 4 rings (SSSR count). The van der Waals surface area contributed by atoms with E-state index in [9.17, 15) is 18.0 Å². The second-order valence-electron chi connectivity index (χ2n) is 6.86. The summed E-state index contributed by atoms with van der Waals surface area (Å²) < 4.78 is 38.1. The summed E-state index contributed by atoms with van der Waals surface area (Å²) in [7, 11) is 0. The number of rotatable bonds is 3. The highest BCUT2D eigenvalue weighted by atomic mass is 19.4. The Morgan fingerprint density at radius 2 is 1.75 bits per heavy atom. The Labute approximate surface area is 159 Å². The molecule has 0 saturated carbocycles. The number of fused-ring (bicyclic) bond motifs is 1. The molecule has 1 aliphatic rings. The van der Waals surface area contributed by atoms with Crippen LogP contribution in [0.4, 0.5) is 13.2 Å². The Hall–Kier alpha value is -2.93. The maximum Gasteiger partial charge on any atom is 0.416 e. The standard InChI is InChI=1S/C21H18F3N3O/c22-21(23,24)16-8-6-14(7-9-16)12-27-11-10-18-17(13-27)20(28)26-19(25-18)15-4-2-1-3-5-15/h1-9H,10-13H2,(H,25,26,28). The van der Waals surface area contributed by atoms with E-state index >= 15 is 0 Å². The van der Waals surface area contributed by atoms with Crippen molar-refractivity contribution in [1.82, 2.24) is 14.9 Å². The second kappa shape index (κ2) is 7.24. The number of hydrogen-bond donors (Lipinski definition) is 1. The zero-order valence-corrected chi connectivity index (χ0v) is 15.0. The minimum atomic E-state index is -4.34. The highest BCUT2D eigenvalue weighted by Crippen LogP contribution is 2.29. The van der Waals surface area contributed by atoms with Crippen molar-refractivity contribution in [3.05, 3.63) is 87.3 Å². The average molecular weight is 385 g/mol. The van der Waals surface area contributed by atoms with E-state index in [1.807, 2.05) is 35.2 Å². The first kappa shape index (κ1) is 18.4. The summed E-state index contributed by atoms with van der Waals surface area (Å²) in [6.07, 6.45) is -3.71. The van der Waals surface area contributed by atoms with Crippen LogP contribution in [-0.4, -0.2) is 21.4 Å². The van der Waals surface area contributed by atoms with E-state index in [4.69, 9.17) is 0 Å². The number of nitrogens with zero attached hydrogens (tertiary/aromatic N) is 2. The van der Waals surface area contributed by atoms with Crippen LogP contribution < -0.4 is 5.56 Å². The first-order valence-electron chi connectivity index (χ1n) is 8.96. The lowest BCUT2D eigenvalue weighted by molar-refractivity contribution is -0.137. The number of hydrogen-bond acceptors (Lipinski definition) is 3. The Morgan fingerprint density at radius 3 is 2.43 bits per heavy atom. The molecule has 2 aromatic carbocycles. The van der Waals surface area contributed by atoms with Crippen molar-refractivity contribution in [2.24, 2.45) is 0 Å². The molecule has 144 valence electrons. The van der Waals surface area contributed by atoms with E-state index in [-0.39, 0.29) is 5.56 Å². The maximum absolute atomic E-state index is 12.7. The average Bonchev–Trinajstić information content (AvgIpc) is 2.69. The summed E-state index contributed by atoms with van der Waals surface area (Å²) in [6, 6.07) is 14.6. The smallest absolute Gasteiger partial charge is 0.306 e. The molecule has 7 heteroatoms. The zero-order chi connectivity index (χ0) is 19.7. The minimum absolute atomic E-state index is 0.166. The molecule has 1 N–H and O–H groups in total. The summed E-state index contributed by atoms with van der Waals surface area (Å²) in [5.41, 5.74) is 2.22. The highest BCUT2D eigenvalue weighted by molar-refractivity contribution is 5.54. The number of H-pyrrole nitrogens is 1. The molecule has 0 unspecified atom stereocenters. The van der Waals surface area contributed by atoms with Crippen molar-refractivity contribution >= 4 is 0 Å². The summed E-state index contributed by atoms with van der Waals surface area (Å²) in [6.45, 7) is 1.60. The first-order chi connectivity index (χ1) is 13.4. The molecule has 4 nitrogen and oxygen atoms in total. The number of nitrogens with one attached hydrogen (secondary N) is 1. The van der Waals surface area contributed by atoms with Crippen LogP contribution in [0, 0.1) is 0 Å². The normalized spacial score (nSPS) is 14.7. The fraction of sp³-hybridized carbons (Fsp3) is 0.238. The molecule has 2 heterocycles. The third-order valence-electron chi connectivity index (χ3n) is 4.88. The molecule has 0 amide bonds. The molecule has 0 saturated heterocycles. The topological polar surface area (TPSA) is 49.0 Å². The first-order valence-corrected chi connectivity index (χ1v) is 8.96. The van der Waals surface area contributed by atoms with Crippen LogP contribution in [0.2, 0.25) is 0 Å². The van der Waals surface area contributed by atoms with Crippen LogP contribution >= 0.6 is 0 Å². The van der Waals surface area contributed by atoms with Gasteiger partial charge in [-0.05, 0) is 17.7 Å². The Morgan fingerprint density at radius 1 is 1.04 bits per heavy atom. The lowest BCUT2D eigenvalue weighted by atomic mass is 10.0. The third-order valence-corrected chi connectivity index (χ3v) is 4.88. The van der Waals surface area contributed by atoms with Gasteiger partial charge in [-0.2, -0.15) is 13.2 Å². The van der Waals surface area contributed by atoms with Gasteiger partial charge in [0.05, 0.1) is 16.8 Å². The number of benzene rings is 2. The molecule has 0 aliphatic carbocycles. The quantitative estimate of drug-likeness (QED) is 0.741. The van der Waals surface area contributed by atoms with Gasteiger partial charge in [0.25, 0.3) is 5.56 Å². The second-order valence-corrected chi connectivity index (χ2v) is 6.86. The number of aromatic amines is 1. The van der Waals surface area contributed by atoms with Crippen LogP contribution in [-0.2, 0) is 25.7 Å². The van der Waals surface area contributed by atoms with E-state index in [0.29, 0.717) is 37.4 Å². The lowest BCUT2D eigenvalue weighted by Gasteiger charge is -2.27. The Kier molecular flexibility index (Phi) is 4.77. The van der Waals surface area contributed by atoms with Gasteiger partial charge in [0.1, 0.15) is 5.82 Å². The molecule has 0 atom stereocenters. The van der Waals surface area contributed by atoms with E-state index in [1.165, 1.54) is 12.1 Å². The van der Waals surface area contributed by atoms with Gasteiger partial charge >= 0.3 is 6.18 Å². The molecular formula is C21H18F3N3O. The maximum atomic E-state index is 12.7. The van der Waals surface area contributed by atoms with Gasteiger partial charge in [0.15, 0.2) is 0 Å². The van der Waals surface area contributed by atoms with Crippen LogP contribution in [0.5, 0.6) is 0 Å². The van der Waals surface area contributed by atoms with Crippen molar-refractivity contribution < 1.29 is 13.2 Å². The van der Waals surface area contributed by atoms with Crippen molar-refractivity contribution in [3.63, 3.8) is 0 Å². The fourth-order valence-corrected chi connectivity index (χ4v) is 3.41. The van der Waals surface area contributed by atoms with Crippen LogP contribution in [0.25, 0.3) is 11.4 Å². The van der Waals surface area contributed by atoms with Gasteiger partial charge < -0.3 is 4.98 Å². The number of alkyl halides is 3. The molecule has 0 bridgehead atoms. The van der Waals surface area contributed by atoms with E-state index in [0.717, 1.165) is 29.0 Å². The molecule has 1 aliphatic heterocycles. The third kappa shape index (κ3) is 3.84. The molecule has 3 aromatic rings. The van der Waals surface area contributed by atoms with Crippen molar-refractivity contribution in [3.8, 4) is 11.4 Å². The summed E-state index contributed by atoms with van der Waals surface area (Å²) in [4.78, 5) is 22.1.